The van der Waals surface area contributed by atoms with Gasteiger partial charge in [0.15, 0.2) is 0 Å². The SMILES string of the molecule is Cc1nnnn1CCC(=O)NCCCn1ccnc1C(C)C. The van der Waals surface area contributed by atoms with Gasteiger partial charge in [-0.25, -0.2) is 9.67 Å². The summed E-state index contributed by atoms with van der Waals surface area (Å²) in [5.41, 5.74) is 0. The van der Waals surface area contributed by atoms with E-state index in [4.69, 9.17) is 0 Å². The van der Waals surface area contributed by atoms with Gasteiger partial charge in [0.1, 0.15) is 11.6 Å². The van der Waals surface area contributed by atoms with Gasteiger partial charge in [0.25, 0.3) is 0 Å². The highest BCUT2D eigenvalue weighted by Crippen LogP contribution is 2.11. The number of amides is 1. The van der Waals surface area contributed by atoms with E-state index < -0.39 is 0 Å². The smallest absolute Gasteiger partial charge is 0.221 e. The van der Waals surface area contributed by atoms with Crippen LogP contribution < -0.4 is 5.32 Å². The van der Waals surface area contributed by atoms with Gasteiger partial charge in [-0.3, -0.25) is 4.79 Å². The largest absolute Gasteiger partial charge is 0.356 e. The molecule has 0 aliphatic heterocycles. The number of aromatic nitrogens is 6. The van der Waals surface area contributed by atoms with Crippen LogP contribution in [-0.2, 0) is 17.9 Å². The number of aryl methyl sites for hydroxylation is 3. The van der Waals surface area contributed by atoms with Crippen LogP contribution in [0, 0.1) is 6.92 Å². The van der Waals surface area contributed by atoms with Gasteiger partial charge in [-0.2, -0.15) is 0 Å². The molecule has 0 aromatic carbocycles. The lowest BCUT2D eigenvalue weighted by Crippen LogP contribution is -2.26. The first kappa shape index (κ1) is 16.1. The molecule has 0 aliphatic carbocycles. The van der Waals surface area contributed by atoms with Gasteiger partial charge in [0.2, 0.25) is 5.91 Å². The van der Waals surface area contributed by atoms with Crippen LogP contribution >= 0.6 is 0 Å². The lowest BCUT2D eigenvalue weighted by atomic mass is 10.2. The second-order valence-electron chi connectivity index (χ2n) is 5.54. The zero-order chi connectivity index (χ0) is 15.9. The van der Waals surface area contributed by atoms with E-state index in [2.05, 4.69) is 44.2 Å². The van der Waals surface area contributed by atoms with Crippen molar-refractivity contribution in [3.63, 3.8) is 0 Å². The van der Waals surface area contributed by atoms with Crippen molar-refractivity contribution < 1.29 is 4.79 Å². The van der Waals surface area contributed by atoms with E-state index in [1.807, 2.05) is 19.3 Å². The molecule has 8 heteroatoms. The molecule has 1 N–H and O–H groups in total. The van der Waals surface area contributed by atoms with Gasteiger partial charge in [-0.05, 0) is 23.8 Å². The van der Waals surface area contributed by atoms with Crippen LogP contribution in [0.2, 0.25) is 0 Å². The molecule has 2 heterocycles. The Morgan fingerprint density at radius 3 is 2.86 bits per heavy atom. The predicted molar refractivity (Wildman–Crippen MR) is 81.1 cm³/mol. The Morgan fingerprint density at radius 1 is 1.36 bits per heavy atom. The number of hydrogen-bond donors (Lipinski definition) is 1. The Labute approximate surface area is 129 Å². The summed E-state index contributed by atoms with van der Waals surface area (Å²) < 4.78 is 3.77. The van der Waals surface area contributed by atoms with Gasteiger partial charge >= 0.3 is 0 Å². The zero-order valence-electron chi connectivity index (χ0n) is 13.4. The van der Waals surface area contributed by atoms with Crippen molar-refractivity contribution in [1.29, 1.82) is 0 Å². The fourth-order valence-corrected chi connectivity index (χ4v) is 2.24. The van der Waals surface area contributed by atoms with Crippen LogP contribution in [0.4, 0.5) is 0 Å². The number of tetrazole rings is 1. The van der Waals surface area contributed by atoms with Gasteiger partial charge in [0, 0.05) is 37.8 Å². The molecule has 0 aliphatic rings. The number of carbonyl (C=O) groups excluding carboxylic acids is 1. The van der Waals surface area contributed by atoms with E-state index in [1.54, 1.807) is 4.68 Å². The predicted octanol–water partition coefficient (Wildman–Crippen LogP) is 0.898. The molecule has 0 unspecified atom stereocenters. The van der Waals surface area contributed by atoms with Crippen LogP contribution in [0.3, 0.4) is 0 Å². The van der Waals surface area contributed by atoms with Crippen molar-refractivity contribution in [1.82, 2.24) is 35.1 Å². The minimum absolute atomic E-state index is 0.0182. The molecule has 2 rings (SSSR count). The van der Waals surface area contributed by atoms with Crippen LogP contribution in [0.1, 0.15) is 44.3 Å². The summed E-state index contributed by atoms with van der Waals surface area (Å²) >= 11 is 0. The minimum Gasteiger partial charge on any atom is -0.356 e. The monoisotopic (exact) mass is 305 g/mol. The molecule has 22 heavy (non-hydrogen) atoms. The molecule has 0 saturated carbocycles. The van der Waals surface area contributed by atoms with E-state index in [9.17, 15) is 4.79 Å². The quantitative estimate of drug-likeness (QED) is 0.732. The lowest BCUT2D eigenvalue weighted by Gasteiger charge is -2.10. The highest BCUT2D eigenvalue weighted by atomic mass is 16.1. The third-order valence-corrected chi connectivity index (χ3v) is 3.42. The molecule has 0 atom stereocenters. The molecule has 0 radical (unpaired) electrons. The number of rotatable bonds is 8. The van der Waals surface area contributed by atoms with Crippen molar-refractivity contribution in [2.75, 3.05) is 6.54 Å². The minimum atomic E-state index is 0.0182. The van der Waals surface area contributed by atoms with Crippen molar-refractivity contribution >= 4 is 5.91 Å². The zero-order valence-corrected chi connectivity index (χ0v) is 13.4. The Bertz CT molecular complexity index is 602. The number of nitrogens with one attached hydrogen (secondary N) is 1. The van der Waals surface area contributed by atoms with Crippen molar-refractivity contribution in [2.45, 2.75) is 52.6 Å². The van der Waals surface area contributed by atoms with Crippen LogP contribution in [0.5, 0.6) is 0 Å². The van der Waals surface area contributed by atoms with Crippen LogP contribution in [0.25, 0.3) is 0 Å². The number of nitrogens with zero attached hydrogens (tertiary/aromatic N) is 6. The van der Waals surface area contributed by atoms with Gasteiger partial charge in [0.05, 0.1) is 6.54 Å². The van der Waals surface area contributed by atoms with Crippen molar-refractivity contribution in [2.24, 2.45) is 0 Å². The highest BCUT2D eigenvalue weighted by molar-refractivity contribution is 5.75. The second-order valence-corrected chi connectivity index (χ2v) is 5.54. The van der Waals surface area contributed by atoms with E-state index in [1.165, 1.54) is 0 Å². The maximum Gasteiger partial charge on any atom is 0.221 e. The molecule has 8 nitrogen and oxygen atoms in total. The van der Waals surface area contributed by atoms with Crippen LogP contribution in [-0.4, -0.2) is 42.2 Å². The normalized spacial score (nSPS) is 11.1. The van der Waals surface area contributed by atoms with Crippen molar-refractivity contribution in [3.8, 4) is 0 Å². The van der Waals surface area contributed by atoms with Crippen LogP contribution in [0.15, 0.2) is 12.4 Å². The first-order chi connectivity index (χ1) is 10.6. The summed E-state index contributed by atoms with van der Waals surface area (Å²) in [5.74, 6) is 2.23. The molecule has 0 spiro atoms. The van der Waals surface area contributed by atoms with Gasteiger partial charge < -0.3 is 9.88 Å². The molecule has 2 aromatic heterocycles. The molecule has 120 valence electrons. The average Bonchev–Trinajstić information content (AvgIpc) is 3.10. The van der Waals surface area contributed by atoms with E-state index in [0.717, 1.165) is 18.8 Å². The molecule has 2 aromatic rings. The lowest BCUT2D eigenvalue weighted by molar-refractivity contribution is -0.121. The summed E-state index contributed by atoms with van der Waals surface area (Å²) in [7, 11) is 0. The first-order valence-corrected chi connectivity index (χ1v) is 7.58. The first-order valence-electron chi connectivity index (χ1n) is 7.58. The van der Waals surface area contributed by atoms with E-state index in [0.29, 0.717) is 31.3 Å². The van der Waals surface area contributed by atoms with E-state index >= 15 is 0 Å². The summed E-state index contributed by atoms with van der Waals surface area (Å²) in [6.07, 6.45) is 5.07. The molecular weight excluding hydrogens is 282 g/mol. The summed E-state index contributed by atoms with van der Waals surface area (Å²) in [4.78, 5) is 16.1. The fourth-order valence-electron chi connectivity index (χ4n) is 2.24. The summed E-state index contributed by atoms with van der Waals surface area (Å²) in [6, 6.07) is 0. The molecule has 0 bridgehead atoms. The standard InChI is InChI=1S/C14H23N7O/c1-11(2)14-16-7-10-20(14)8-4-6-15-13(22)5-9-21-12(3)17-18-19-21/h7,10-11H,4-6,8-9H2,1-3H3,(H,15,22). The third-order valence-electron chi connectivity index (χ3n) is 3.42. The van der Waals surface area contributed by atoms with E-state index in [-0.39, 0.29) is 5.91 Å². The number of imidazole rings is 1. The van der Waals surface area contributed by atoms with Crippen molar-refractivity contribution in [3.05, 3.63) is 24.0 Å². The topological polar surface area (TPSA) is 90.5 Å². The Morgan fingerprint density at radius 2 is 2.18 bits per heavy atom. The average molecular weight is 305 g/mol. The molecule has 0 fully saturated rings. The molecule has 0 saturated heterocycles. The Hall–Kier alpha value is -2.25. The molecular formula is C14H23N7O. The maximum atomic E-state index is 11.8. The maximum absolute atomic E-state index is 11.8. The highest BCUT2D eigenvalue weighted by Gasteiger charge is 2.07. The Balaban J connectivity index is 1.65. The number of hydrogen-bond acceptors (Lipinski definition) is 5. The van der Waals surface area contributed by atoms with Gasteiger partial charge in [-0.1, -0.05) is 13.8 Å². The fraction of sp³-hybridized carbons (Fsp3) is 0.643. The van der Waals surface area contributed by atoms with Gasteiger partial charge in [-0.15, -0.1) is 5.10 Å². The summed E-state index contributed by atoms with van der Waals surface area (Å²) in [5, 5.41) is 14.1. The Kier molecular flexibility index (Phi) is 5.62. The molecule has 1 amide bonds. The number of carbonyl (C=O) groups is 1. The third kappa shape index (κ3) is 4.37. The summed E-state index contributed by atoms with van der Waals surface area (Å²) in [6.45, 7) is 8.09. The second kappa shape index (κ2) is 7.67.